The minimum atomic E-state index is -0.767. The lowest BCUT2D eigenvalue weighted by Crippen LogP contribution is -2.40. The molecular formula is C27H26N4O4. The van der Waals surface area contributed by atoms with Crippen LogP contribution in [0.3, 0.4) is 0 Å². The number of benzene rings is 3. The zero-order valence-electron chi connectivity index (χ0n) is 19.8. The van der Waals surface area contributed by atoms with Crippen molar-refractivity contribution in [3.8, 4) is 0 Å². The minimum Gasteiger partial charge on any atom is -0.451 e. The second kappa shape index (κ2) is 10.2. The normalized spacial score (nSPS) is 10.9. The van der Waals surface area contributed by atoms with Gasteiger partial charge in [0.15, 0.2) is 12.3 Å². The SMILES string of the molecule is CC(C)N(C(=O)COC(=O)c1nn(C)c(=O)c2ccccc12)c1ccc(Nc2ccccc2)cc1. The molecule has 0 spiro atoms. The van der Waals surface area contributed by atoms with Gasteiger partial charge in [-0.3, -0.25) is 9.59 Å². The number of hydrogen-bond acceptors (Lipinski definition) is 6. The lowest BCUT2D eigenvalue weighted by atomic mass is 10.1. The molecule has 1 amide bonds. The van der Waals surface area contributed by atoms with Crippen LogP contribution >= 0.6 is 0 Å². The fourth-order valence-corrected chi connectivity index (χ4v) is 3.84. The first-order valence-corrected chi connectivity index (χ1v) is 11.2. The highest BCUT2D eigenvalue weighted by molar-refractivity contribution is 6.03. The Morgan fingerprint density at radius 2 is 1.51 bits per heavy atom. The number of esters is 1. The highest BCUT2D eigenvalue weighted by atomic mass is 16.5. The molecule has 0 atom stereocenters. The fourth-order valence-electron chi connectivity index (χ4n) is 3.84. The molecule has 8 heteroatoms. The molecule has 0 aliphatic rings. The topological polar surface area (TPSA) is 93.5 Å². The van der Waals surface area contributed by atoms with E-state index in [1.807, 2.05) is 68.4 Å². The maximum atomic E-state index is 13.0. The van der Waals surface area contributed by atoms with Crippen molar-refractivity contribution in [2.24, 2.45) is 7.05 Å². The van der Waals surface area contributed by atoms with Gasteiger partial charge in [0.1, 0.15) is 0 Å². The molecule has 0 saturated carbocycles. The Labute approximate surface area is 202 Å². The van der Waals surface area contributed by atoms with Gasteiger partial charge in [0.2, 0.25) is 0 Å². The summed E-state index contributed by atoms with van der Waals surface area (Å²) in [5.41, 5.74) is 2.20. The molecule has 3 aromatic carbocycles. The summed E-state index contributed by atoms with van der Waals surface area (Å²) < 4.78 is 6.42. The predicted molar refractivity (Wildman–Crippen MR) is 136 cm³/mol. The summed E-state index contributed by atoms with van der Waals surface area (Å²) in [4.78, 5) is 39.7. The van der Waals surface area contributed by atoms with Crippen molar-refractivity contribution in [2.75, 3.05) is 16.8 Å². The second-order valence-electron chi connectivity index (χ2n) is 8.29. The summed E-state index contributed by atoms with van der Waals surface area (Å²) in [7, 11) is 1.47. The third-order valence-electron chi connectivity index (χ3n) is 5.47. The molecule has 4 rings (SSSR count). The first-order chi connectivity index (χ1) is 16.8. The maximum Gasteiger partial charge on any atom is 0.359 e. The Balaban J connectivity index is 1.48. The van der Waals surface area contributed by atoms with Gasteiger partial charge < -0.3 is 15.0 Å². The van der Waals surface area contributed by atoms with Crippen LogP contribution in [0, 0.1) is 0 Å². The zero-order valence-corrected chi connectivity index (χ0v) is 19.8. The van der Waals surface area contributed by atoms with Gasteiger partial charge in [-0.2, -0.15) is 5.10 Å². The molecule has 0 aliphatic carbocycles. The third kappa shape index (κ3) is 5.22. The van der Waals surface area contributed by atoms with E-state index in [1.165, 1.54) is 7.05 Å². The molecule has 0 saturated heterocycles. The van der Waals surface area contributed by atoms with Gasteiger partial charge in [-0.25, -0.2) is 9.48 Å². The Hall–Kier alpha value is -4.46. The van der Waals surface area contributed by atoms with Crippen LogP contribution in [0.4, 0.5) is 17.1 Å². The summed E-state index contributed by atoms with van der Waals surface area (Å²) in [6, 6.07) is 23.8. The maximum absolute atomic E-state index is 13.0. The second-order valence-corrected chi connectivity index (χ2v) is 8.29. The van der Waals surface area contributed by atoms with E-state index in [0.29, 0.717) is 16.5 Å². The summed E-state index contributed by atoms with van der Waals surface area (Å²) in [5, 5.41) is 8.11. The van der Waals surface area contributed by atoms with E-state index in [9.17, 15) is 14.4 Å². The first-order valence-electron chi connectivity index (χ1n) is 11.2. The summed E-state index contributed by atoms with van der Waals surface area (Å²) in [5.74, 6) is -1.14. The molecule has 0 fully saturated rings. The Morgan fingerprint density at radius 3 is 2.17 bits per heavy atom. The number of ether oxygens (including phenoxy) is 1. The number of nitrogens with one attached hydrogen (secondary N) is 1. The number of nitrogens with zero attached hydrogens (tertiary/aromatic N) is 3. The highest BCUT2D eigenvalue weighted by Gasteiger charge is 2.23. The van der Waals surface area contributed by atoms with E-state index in [1.54, 1.807) is 29.2 Å². The minimum absolute atomic E-state index is 0.0112. The summed E-state index contributed by atoms with van der Waals surface area (Å²) in [6.45, 7) is 3.32. The number of hydrogen-bond donors (Lipinski definition) is 1. The van der Waals surface area contributed by atoms with Crippen molar-refractivity contribution in [1.82, 2.24) is 9.78 Å². The van der Waals surface area contributed by atoms with E-state index in [4.69, 9.17) is 4.74 Å². The number of aromatic nitrogens is 2. The number of para-hydroxylation sites is 1. The van der Waals surface area contributed by atoms with Crippen LogP contribution in [0.5, 0.6) is 0 Å². The Kier molecular flexibility index (Phi) is 6.91. The third-order valence-corrected chi connectivity index (χ3v) is 5.47. The van der Waals surface area contributed by atoms with Crippen molar-refractivity contribution in [3.05, 3.63) is 94.9 Å². The van der Waals surface area contributed by atoms with E-state index >= 15 is 0 Å². The van der Waals surface area contributed by atoms with E-state index < -0.39 is 12.6 Å². The van der Waals surface area contributed by atoms with Crippen LogP contribution in [-0.2, 0) is 16.6 Å². The number of fused-ring (bicyclic) bond motifs is 1. The summed E-state index contributed by atoms with van der Waals surface area (Å²) in [6.07, 6.45) is 0. The number of carbonyl (C=O) groups is 2. The van der Waals surface area contributed by atoms with Crippen molar-refractivity contribution >= 4 is 39.7 Å². The molecule has 35 heavy (non-hydrogen) atoms. The quantitative estimate of drug-likeness (QED) is 0.406. The molecular weight excluding hydrogens is 444 g/mol. The molecule has 0 aliphatic heterocycles. The Bertz CT molecular complexity index is 1410. The average Bonchev–Trinajstić information content (AvgIpc) is 2.86. The van der Waals surface area contributed by atoms with Gasteiger partial charge >= 0.3 is 5.97 Å². The Morgan fingerprint density at radius 1 is 0.914 bits per heavy atom. The van der Waals surface area contributed by atoms with Crippen LogP contribution < -0.4 is 15.8 Å². The van der Waals surface area contributed by atoms with Crippen LogP contribution in [0.15, 0.2) is 83.7 Å². The van der Waals surface area contributed by atoms with Crippen molar-refractivity contribution in [1.29, 1.82) is 0 Å². The molecule has 0 bridgehead atoms. The molecule has 0 unspecified atom stereocenters. The highest BCUT2D eigenvalue weighted by Crippen LogP contribution is 2.23. The lowest BCUT2D eigenvalue weighted by Gasteiger charge is -2.27. The van der Waals surface area contributed by atoms with Crippen LogP contribution in [0.1, 0.15) is 24.3 Å². The molecule has 1 heterocycles. The number of rotatable bonds is 7. The molecule has 4 aromatic rings. The van der Waals surface area contributed by atoms with Crippen LogP contribution in [0.25, 0.3) is 10.8 Å². The predicted octanol–water partition coefficient (Wildman–Crippen LogP) is 4.28. The van der Waals surface area contributed by atoms with Crippen LogP contribution in [0.2, 0.25) is 0 Å². The first kappa shape index (κ1) is 23.7. The average molecular weight is 471 g/mol. The standard InChI is InChI=1S/C27H26N4O4/c1-18(2)31(21-15-13-20(14-16-21)28-19-9-5-4-6-10-19)24(32)17-35-27(34)25-22-11-7-8-12-23(22)26(33)30(3)29-25/h4-16,18,28H,17H2,1-3H3. The van der Waals surface area contributed by atoms with E-state index in [0.717, 1.165) is 16.1 Å². The van der Waals surface area contributed by atoms with Crippen LogP contribution in [-0.4, -0.2) is 34.3 Å². The molecule has 1 N–H and O–H groups in total. The largest absolute Gasteiger partial charge is 0.451 e. The summed E-state index contributed by atoms with van der Waals surface area (Å²) >= 11 is 0. The molecule has 178 valence electrons. The van der Waals surface area contributed by atoms with Gasteiger partial charge in [-0.1, -0.05) is 36.4 Å². The van der Waals surface area contributed by atoms with Crippen molar-refractivity contribution in [3.63, 3.8) is 0 Å². The smallest absolute Gasteiger partial charge is 0.359 e. The lowest BCUT2D eigenvalue weighted by molar-refractivity contribution is -0.122. The van der Waals surface area contributed by atoms with Crippen molar-refractivity contribution < 1.29 is 14.3 Å². The van der Waals surface area contributed by atoms with Gasteiger partial charge in [-0.15, -0.1) is 0 Å². The van der Waals surface area contributed by atoms with Crippen molar-refractivity contribution in [2.45, 2.75) is 19.9 Å². The zero-order chi connectivity index (χ0) is 24.9. The molecule has 0 radical (unpaired) electrons. The van der Waals surface area contributed by atoms with Gasteiger partial charge in [0.25, 0.3) is 11.5 Å². The monoisotopic (exact) mass is 470 g/mol. The number of aryl methyl sites for hydroxylation is 1. The van der Waals surface area contributed by atoms with Gasteiger partial charge in [0.05, 0.1) is 5.39 Å². The number of amides is 1. The number of anilines is 3. The van der Waals surface area contributed by atoms with Gasteiger partial charge in [0, 0.05) is 35.5 Å². The van der Waals surface area contributed by atoms with E-state index in [2.05, 4.69) is 10.4 Å². The molecule has 1 aromatic heterocycles. The number of carbonyl (C=O) groups excluding carboxylic acids is 2. The van der Waals surface area contributed by atoms with E-state index in [-0.39, 0.29) is 23.2 Å². The molecule has 8 nitrogen and oxygen atoms in total. The van der Waals surface area contributed by atoms with Gasteiger partial charge in [-0.05, 0) is 56.3 Å². The fraction of sp³-hybridized carbons (Fsp3) is 0.185.